The van der Waals surface area contributed by atoms with Gasteiger partial charge in [0.25, 0.3) is 0 Å². The Morgan fingerprint density at radius 1 is 1.43 bits per heavy atom. The second-order valence-corrected chi connectivity index (χ2v) is 5.68. The number of hydrogen-bond acceptors (Lipinski definition) is 2. The van der Waals surface area contributed by atoms with E-state index >= 15 is 0 Å². The molecular formula is C12H21NS. The third kappa shape index (κ3) is 2.57. The highest BCUT2D eigenvalue weighted by Gasteiger charge is 2.22. The third-order valence-electron chi connectivity index (χ3n) is 2.59. The zero-order chi connectivity index (χ0) is 10.8. The molecule has 0 saturated heterocycles. The molecule has 1 heterocycles. The molecular weight excluding hydrogens is 190 g/mol. The molecule has 1 rings (SSSR count). The predicted octanol–water partition coefficient (Wildman–Crippen LogP) is 4.34. The molecule has 0 amide bonds. The van der Waals surface area contributed by atoms with Crippen LogP contribution in [0.3, 0.4) is 0 Å². The van der Waals surface area contributed by atoms with Gasteiger partial charge in [0.15, 0.2) is 0 Å². The first-order valence-electron chi connectivity index (χ1n) is 5.41. The standard InChI is InChI=1S/C12H21NS/c1-6-7-9(2)11-10(8-14-13-11)12(3,4)5/h8-9H,6-7H2,1-5H3. The average Bonchev–Trinajstić information content (AvgIpc) is 2.50. The van der Waals surface area contributed by atoms with Crippen molar-refractivity contribution >= 4 is 11.5 Å². The molecule has 1 nitrogen and oxygen atoms in total. The monoisotopic (exact) mass is 211 g/mol. The van der Waals surface area contributed by atoms with E-state index in [1.165, 1.54) is 24.1 Å². The Kier molecular flexibility index (Phi) is 3.71. The highest BCUT2D eigenvalue weighted by molar-refractivity contribution is 7.03. The van der Waals surface area contributed by atoms with Crippen LogP contribution in [0.4, 0.5) is 0 Å². The van der Waals surface area contributed by atoms with Crippen LogP contribution in [-0.4, -0.2) is 4.37 Å². The fourth-order valence-electron chi connectivity index (χ4n) is 1.73. The topological polar surface area (TPSA) is 12.9 Å². The van der Waals surface area contributed by atoms with Crippen LogP contribution in [0.25, 0.3) is 0 Å². The van der Waals surface area contributed by atoms with Gasteiger partial charge in [-0.05, 0) is 34.8 Å². The highest BCUT2D eigenvalue weighted by Crippen LogP contribution is 2.32. The lowest BCUT2D eigenvalue weighted by molar-refractivity contribution is 0.561. The summed E-state index contributed by atoms with van der Waals surface area (Å²) in [6.45, 7) is 11.3. The molecule has 1 aromatic heterocycles. The van der Waals surface area contributed by atoms with Gasteiger partial charge in [-0.1, -0.05) is 41.0 Å². The van der Waals surface area contributed by atoms with Gasteiger partial charge in [0.1, 0.15) is 0 Å². The van der Waals surface area contributed by atoms with Crippen molar-refractivity contribution in [1.29, 1.82) is 0 Å². The first-order valence-corrected chi connectivity index (χ1v) is 6.25. The van der Waals surface area contributed by atoms with Crippen LogP contribution in [0, 0.1) is 0 Å². The van der Waals surface area contributed by atoms with Crippen LogP contribution < -0.4 is 0 Å². The van der Waals surface area contributed by atoms with Gasteiger partial charge in [-0.25, -0.2) is 0 Å². The largest absolute Gasteiger partial charge is 0.197 e. The van der Waals surface area contributed by atoms with Crippen molar-refractivity contribution < 1.29 is 0 Å². The molecule has 0 aliphatic heterocycles. The van der Waals surface area contributed by atoms with E-state index in [-0.39, 0.29) is 5.41 Å². The van der Waals surface area contributed by atoms with Crippen molar-refractivity contribution in [3.05, 3.63) is 16.6 Å². The summed E-state index contributed by atoms with van der Waals surface area (Å²) in [5, 5.41) is 2.21. The molecule has 1 unspecified atom stereocenters. The fraction of sp³-hybridized carbons (Fsp3) is 0.750. The molecule has 14 heavy (non-hydrogen) atoms. The van der Waals surface area contributed by atoms with Gasteiger partial charge < -0.3 is 0 Å². The summed E-state index contributed by atoms with van der Waals surface area (Å²) in [5.41, 5.74) is 3.00. The lowest BCUT2D eigenvalue weighted by atomic mass is 9.84. The van der Waals surface area contributed by atoms with Gasteiger partial charge in [-0.15, -0.1) is 0 Å². The Morgan fingerprint density at radius 3 is 2.57 bits per heavy atom. The van der Waals surface area contributed by atoms with E-state index in [9.17, 15) is 0 Å². The zero-order valence-electron chi connectivity index (χ0n) is 9.92. The lowest BCUT2D eigenvalue weighted by Crippen LogP contribution is -2.14. The van der Waals surface area contributed by atoms with Gasteiger partial charge in [-0.2, -0.15) is 4.37 Å². The van der Waals surface area contributed by atoms with Gasteiger partial charge in [0.2, 0.25) is 0 Å². The minimum absolute atomic E-state index is 0.240. The van der Waals surface area contributed by atoms with Gasteiger partial charge in [-0.3, -0.25) is 0 Å². The maximum atomic E-state index is 4.54. The summed E-state index contributed by atoms with van der Waals surface area (Å²) in [6.07, 6.45) is 2.48. The predicted molar refractivity (Wildman–Crippen MR) is 64.1 cm³/mol. The van der Waals surface area contributed by atoms with Crippen LogP contribution in [0.5, 0.6) is 0 Å². The average molecular weight is 211 g/mol. The van der Waals surface area contributed by atoms with Crippen LogP contribution in [0.2, 0.25) is 0 Å². The van der Waals surface area contributed by atoms with Gasteiger partial charge >= 0.3 is 0 Å². The Bertz CT molecular complexity index is 283. The summed E-state index contributed by atoms with van der Waals surface area (Å²) in [7, 11) is 0. The molecule has 0 radical (unpaired) electrons. The highest BCUT2D eigenvalue weighted by atomic mass is 32.1. The zero-order valence-corrected chi connectivity index (χ0v) is 10.7. The SMILES string of the molecule is CCCC(C)c1nscc1C(C)(C)C. The maximum absolute atomic E-state index is 4.54. The molecule has 2 heteroatoms. The minimum atomic E-state index is 0.240. The molecule has 0 fully saturated rings. The van der Waals surface area contributed by atoms with Crippen molar-refractivity contribution in [2.24, 2.45) is 0 Å². The first kappa shape index (κ1) is 11.7. The Balaban J connectivity index is 2.93. The number of nitrogens with zero attached hydrogens (tertiary/aromatic N) is 1. The first-order chi connectivity index (χ1) is 6.46. The summed E-state index contributed by atoms with van der Waals surface area (Å²) in [6, 6.07) is 0. The van der Waals surface area contributed by atoms with Crippen LogP contribution in [-0.2, 0) is 5.41 Å². The second-order valence-electron chi connectivity index (χ2n) is 5.05. The van der Waals surface area contributed by atoms with E-state index in [1.807, 2.05) is 0 Å². The van der Waals surface area contributed by atoms with Crippen LogP contribution in [0.1, 0.15) is 64.6 Å². The second kappa shape index (κ2) is 4.43. The minimum Gasteiger partial charge on any atom is -0.197 e. The van der Waals surface area contributed by atoms with Gasteiger partial charge in [0, 0.05) is 5.38 Å². The Hall–Kier alpha value is -0.370. The molecule has 0 spiro atoms. The van der Waals surface area contributed by atoms with E-state index in [0.29, 0.717) is 5.92 Å². The fourth-order valence-corrected chi connectivity index (χ4v) is 2.76. The molecule has 0 aromatic carbocycles. The molecule has 0 saturated carbocycles. The van der Waals surface area contributed by atoms with Crippen molar-refractivity contribution in [2.45, 2.75) is 58.8 Å². The van der Waals surface area contributed by atoms with Crippen LogP contribution in [0.15, 0.2) is 5.38 Å². The van der Waals surface area contributed by atoms with E-state index < -0.39 is 0 Å². The Morgan fingerprint density at radius 2 is 2.07 bits per heavy atom. The molecule has 0 N–H and O–H groups in total. The number of rotatable bonds is 3. The maximum Gasteiger partial charge on any atom is 0.0607 e. The third-order valence-corrected chi connectivity index (χ3v) is 3.24. The molecule has 80 valence electrons. The number of hydrogen-bond donors (Lipinski definition) is 0. The summed E-state index contributed by atoms with van der Waals surface area (Å²) < 4.78 is 4.54. The number of aromatic nitrogens is 1. The van der Waals surface area contributed by atoms with Gasteiger partial charge in [0.05, 0.1) is 5.69 Å². The summed E-state index contributed by atoms with van der Waals surface area (Å²) in [5.74, 6) is 0.612. The van der Waals surface area contributed by atoms with E-state index in [2.05, 4.69) is 44.4 Å². The lowest BCUT2D eigenvalue weighted by Gasteiger charge is -2.20. The van der Waals surface area contributed by atoms with E-state index in [1.54, 1.807) is 11.5 Å². The molecule has 0 bridgehead atoms. The normalized spacial score (nSPS) is 14.4. The van der Waals surface area contributed by atoms with Crippen molar-refractivity contribution in [3.8, 4) is 0 Å². The molecule has 1 aromatic rings. The van der Waals surface area contributed by atoms with Crippen LogP contribution >= 0.6 is 11.5 Å². The quantitative estimate of drug-likeness (QED) is 0.724. The molecule has 1 atom stereocenters. The summed E-state index contributed by atoms with van der Waals surface area (Å²) in [4.78, 5) is 0. The smallest absolute Gasteiger partial charge is 0.0607 e. The van der Waals surface area contributed by atoms with Crippen molar-refractivity contribution in [1.82, 2.24) is 4.37 Å². The van der Waals surface area contributed by atoms with Crippen molar-refractivity contribution in [2.75, 3.05) is 0 Å². The molecule has 0 aliphatic carbocycles. The van der Waals surface area contributed by atoms with Crippen molar-refractivity contribution in [3.63, 3.8) is 0 Å². The van der Waals surface area contributed by atoms with E-state index in [4.69, 9.17) is 0 Å². The molecule has 0 aliphatic rings. The van der Waals surface area contributed by atoms with E-state index in [0.717, 1.165) is 0 Å². The Labute approximate surface area is 91.7 Å². The summed E-state index contributed by atoms with van der Waals surface area (Å²) >= 11 is 1.60.